The number of aromatic nitrogens is 2. The fourth-order valence-corrected chi connectivity index (χ4v) is 2.36. The lowest BCUT2D eigenvalue weighted by molar-refractivity contribution is -0.122. The number of furan rings is 1. The third-order valence-corrected chi connectivity index (χ3v) is 4.32. The summed E-state index contributed by atoms with van der Waals surface area (Å²) in [5, 5.41) is 7.29. The maximum atomic E-state index is 11.9. The van der Waals surface area contributed by atoms with Crippen LogP contribution in [0.5, 0.6) is 0 Å². The molecule has 0 aliphatic carbocycles. The molecule has 1 N–H and O–H groups in total. The van der Waals surface area contributed by atoms with Crippen LogP contribution >= 0.6 is 15.9 Å². The van der Waals surface area contributed by atoms with E-state index < -0.39 is 0 Å². The van der Waals surface area contributed by atoms with Gasteiger partial charge in [-0.3, -0.25) is 9.48 Å². The molecule has 1 atom stereocenters. The summed E-state index contributed by atoms with van der Waals surface area (Å²) in [5.41, 5.74) is 1.97. The Morgan fingerprint density at radius 2 is 2.30 bits per heavy atom. The lowest BCUT2D eigenvalue weighted by atomic mass is 10.2. The van der Waals surface area contributed by atoms with Crippen molar-refractivity contribution in [2.24, 2.45) is 0 Å². The maximum absolute atomic E-state index is 11.9. The summed E-state index contributed by atoms with van der Waals surface area (Å²) < 4.78 is 8.05. The van der Waals surface area contributed by atoms with Crippen LogP contribution in [-0.2, 0) is 11.3 Å². The minimum absolute atomic E-state index is 0.0107. The predicted octanol–water partition coefficient (Wildman–Crippen LogP) is 3.12. The van der Waals surface area contributed by atoms with E-state index >= 15 is 0 Å². The highest BCUT2D eigenvalue weighted by Gasteiger charge is 2.16. The van der Waals surface area contributed by atoms with E-state index in [0.717, 1.165) is 21.6 Å². The molecule has 2 rings (SSSR count). The number of halogens is 1. The summed E-state index contributed by atoms with van der Waals surface area (Å²) in [4.78, 5) is 11.9. The van der Waals surface area contributed by atoms with Crippen molar-refractivity contribution in [2.75, 3.05) is 0 Å². The highest BCUT2D eigenvalue weighted by molar-refractivity contribution is 9.10. The Morgan fingerprint density at radius 1 is 1.55 bits per heavy atom. The van der Waals surface area contributed by atoms with Crippen molar-refractivity contribution in [3.05, 3.63) is 40.0 Å². The Morgan fingerprint density at radius 3 is 2.85 bits per heavy atom. The number of nitrogens with zero attached hydrogens (tertiary/aromatic N) is 2. The number of hydrogen-bond acceptors (Lipinski definition) is 3. The molecule has 0 aliphatic heterocycles. The van der Waals surface area contributed by atoms with Gasteiger partial charge in [-0.1, -0.05) is 0 Å². The predicted molar refractivity (Wildman–Crippen MR) is 79.3 cm³/mol. The molecule has 2 aromatic heterocycles. The summed E-state index contributed by atoms with van der Waals surface area (Å²) in [6.45, 7) is 6.33. The molecule has 0 saturated heterocycles. The molecule has 2 aromatic rings. The lowest BCUT2D eigenvalue weighted by Gasteiger charge is -2.14. The van der Waals surface area contributed by atoms with E-state index in [1.165, 1.54) is 0 Å². The Balaban J connectivity index is 1.91. The number of rotatable bonds is 5. The molecule has 0 aliphatic rings. The fraction of sp³-hybridized carbons (Fsp3) is 0.429. The molecule has 1 amide bonds. The third kappa shape index (κ3) is 3.30. The second-order valence-corrected chi connectivity index (χ2v) is 5.63. The molecule has 5 nitrogen and oxygen atoms in total. The Hall–Kier alpha value is -1.56. The van der Waals surface area contributed by atoms with E-state index in [-0.39, 0.29) is 11.9 Å². The van der Waals surface area contributed by atoms with Crippen LogP contribution in [0, 0.1) is 13.8 Å². The van der Waals surface area contributed by atoms with Gasteiger partial charge in [0.2, 0.25) is 5.91 Å². The highest BCUT2D eigenvalue weighted by atomic mass is 79.9. The zero-order valence-corrected chi connectivity index (χ0v) is 13.4. The molecular formula is C14H18BrN3O2. The molecule has 0 bridgehead atoms. The summed E-state index contributed by atoms with van der Waals surface area (Å²) in [6, 6.07) is 3.65. The first-order valence-corrected chi connectivity index (χ1v) is 7.28. The van der Waals surface area contributed by atoms with Crippen molar-refractivity contribution >= 4 is 21.8 Å². The van der Waals surface area contributed by atoms with E-state index in [4.69, 9.17) is 4.42 Å². The summed E-state index contributed by atoms with van der Waals surface area (Å²) in [5.74, 6) is 0.734. The highest BCUT2D eigenvalue weighted by Crippen LogP contribution is 2.23. The normalized spacial score (nSPS) is 12.4. The van der Waals surface area contributed by atoms with Crippen molar-refractivity contribution in [2.45, 2.75) is 39.8 Å². The molecule has 0 aromatic carbocycles. The number of carbonyl (C=O) groups is 1. The largest absolute Gasteiger partial charge is 0.467 e. The van der Waals surface area contributed by atoms with Gasteiger partial charge in [0.1, 0.15) is 5.76 Å². The molecule has 0 spiro atoms. The molecule has 108 valence electrons. The molecule has 6 heteroatoms. The molecule has 0 fully saturated rings. The molecule has 20 heavy (non-hydrogen) atoms. The minimum Gasteiger partial charge on any atom is -0.467 e. The van der Waals surface area contributed by atoms with E-state index in [1.54, 1.807) is 12.3 Å². The van der Waals surface area contributed by atoms with Gasteiger partial charge < -0.3 is 9.73 Å². The quantitative estimate of drug-likeness (QED) is 0.910. The van der Waals surface area contributed by atoms with Gasteiger partial charge in [0.05, 0.1) is 34.7 Å². The number of nitrogens with one attached hydrogen (secondary N) is 1. The van der Waals surface area contributed by atoms with Crippen LogP contribution in [0.25, 0.3) is 0 Å². The Labute approximate surface area is 126 Å². The summed E-state index contributed by atoms with van der Waals surface area (Å²) >= 11 is 3.50. The second kappa shape index (κ2) is 6.26. The number of amides is 1. The maximum Gasteiger partial charge on any atom is 0.222 e. The minimum atomic E-state index is -0.0161. The summed E-state index contributed by atoms with van der Waals surface area (Å²) in [7, 11) is 0. The molecular weight excluding hydrogens is 322 g/mol. The van der Waals surface area contributed by atoms with Gasteiger partial charge in [0.25, 0.3) is 0 Å². The van der Waals surface area contributed by atoms with Gasteiger partial charge in [0, 0.05) is 6.42 Å². The van der Waals surface area contributed by atoms with Crippen LogP contribution in [0.4, 0.5) is 0 Å². The second-order valence-electron chi connectivity index (χ2n) is 4.84. The first kappa shape index (κ1) is 14.8. The number of carbonyl (C=O) groups excluding carboxylic acids is 1. The van der Waals surface area contributed by atoms with Crippen molar-refractivity contribution in [1.82, 2.24) is 15.1 Å². The van der Waals surface area contributed by atoms with Crippen LogP contribution < -0.4 is 5.32 Å². The average Bonchev–Trinajstić information content (AvgIpc) is 3.01. The van der Waals surface area contributed by atoms with Crippen LogP contribution in [0.1, 0.15) is 36.5 Å². The van der Waals surface area contributed by atoms with Crippen molar-refractivity contribution in [1.29, 1.82) is 0 Å². The fourth-order valence-electron chi connectivity index (χ4n) is 2.10. The summed E-state index contributed by atoms with van der Waals surface area (Å²) in [6.07, 6.45) is 1.98. The average molecular weight is 340 g/mol. The first-order chi connectivity index (χ1) is 9.49. The first-order valence-electron chi connectivity index (χ1n) is 6.49. The van der Waals surface area contributed by atoms with Crippen molar-refractivity contribution in [3.8, 4) is 0 Å². The zero-order chi connectivity index (χ0) is 14.7. The van der Waals surface area contributed by atoms with Crippen LogP contribution in [0.2, 0.25) is 0 Å². The third-order valence-electron chi connectivity index (χ3n) is 3.17. The Kier molecular flexibility index (Phi) is 4.65. The molecule has 0 saturated carbocycles. The van der Waals surface area contributed by atoms with E-state index in [2.05, 4.69) is 26.3 Å². The zero-order valence-electron chi connectivity index (χ0n) is 11.8. The van der Waals surface area contributed by atoms with E-state index in [0.29, 0.717) is 13.0 Å². The van der Waals surface area contributed by atoms with Crippen LogP contribution in [0.3, 0.4) is 0 Å². The van der Waals surface area contributed by atoms with Gasteiger partial charge >= 0.3 is 0 Å². The monoisotopic (exact) mass is 339 g/mol. The topological polar surface area (TPSA) is 60.1 Å². The van der Waals surface area contributed by atoms with Gasteiger partial charge in [0.15, 0.2) is 0 Å². The molecule has 0 unspecified atom stereocenters. The van der Waals surface area contributed by atoms with E-state index in [1.807, 2.05) is 31.5 Å². The Bertz CT molecular complexity index is 590. The van der Waals surface area contributed by atoms with Gasteiger partial charge in [-0.25, -0.2) is 0 Å². The standard InChI is InChI=1S/C14H18BrN3O2/c1-9(18-11(3)14(15)10(2)17-18)7-13(19)16-8-12-5-4-6-20-12/h4-6,9H,7-8H2,1-3H3,(H,16,19)/t9-/m1/s1. The van der Waals surface area contributed by atoms with Gasteiger partial charge in [-0.05, 0) is 48.8 Å². The van der Waals surface area contributed by atoms with E-state index in [9.17, 15) is 4.79 Å². The van der Waals surface area contributed by atoms with Crippen molar-refractivity contribution in [3.63, 3.8) is 0 Å². The van der Waals surface area contributed by atoms with Crippen molar-refractivity contribution < 1.29 is 9.21 Å². The molecule has 0 radical (unpaired) electrons. The van der Waals surface area contributed by atoms with Crippen LogP contribution in [0.15, 0.2) is 27.3 Å². The lowest BCUT2D eigenvalue weighted by Crippen LogP contribution is -2.25. The van der Waals surface area contributed by atoms with Gasteiger partial charge in [-0.2, -0.15) is 5.10 Å². The number of aryl methyl sites for hydroxylation is 1. The van der Waals surface area contributed by atoms with Crippen LogP contribution in [-0.4, -0.2) is 15.7 Å². The SMILES string of the molecule is Cc1nn([C@H](C)CC(=O)NCc2ccco2)c(C)c1Br. The number of hydrogen-bond donors (Lipinski definition) is 1. The smallest absolute Gasteiger partial charge is 0.222 e. The van der Waals surface area contributed by atoms with Gasteiger partial charge in [-0.15, -0.1) is 0 Å². The molecule has 2 heterocycles.